The lowest BCUT2D eigenvalue weighted by molar-refractivity contribution is -0.129. The van der Waals surface area contributed by atoms with E-state index in [1.807, 2.05) is 0 Å². The number of ketones is 1. The van der Waals surface area contributed by atoms with Crippen LogP contribution in [0.3, 0.4) is 0 Å². The molecule has 3 heteroatoms. The fraction of sp³-hybridized carbons (Fsp3) is 0.875. The van der Waals surface area contributed by atoms with Crippen LogP contribution in [0.5, 0.6) is 0 Å². The highest BCUT2D eigenvalue weighted by Gasteiger charge is 2.62. The highest BCUT2D eigenvalue weighted by atomic mass is 19.3. The average Bonchev–Trinajstić information content (AvgIpc) is 2.36. The lowest BCUT2D eigenvalue weighted by atomic mass is 9.88. The van der Waals surface area contributed by atoms with Gasteiger partial charge in [-0.1, -0.05) is 20.8 Å². The molecule has 1 saturated carbocycles. The first kappa shape index (κ1) is 8.62. The van der Waals surface area contributed by atoms with Crippen LogP contribution in [0.4, 0.5) is 8.78 Å². The third-order valence-electron chi connectivity index (χ3n) is 1.88. The van der Waals surface area contributed by atoms with E-state index < -0.39 is 17.3 Å². The van der Waals surface area contributed by atoms with Gasteiger partial charge in [0.15, 0.2) is 0 Å². The van der Waals surface area contributed by atoms with Crippen molar-refractivity contribution in [1.29, 1.82) is 0 Å². The predicted molar refractivity (Wildman–Crippen MR) is 37.5 cm³/mol. The number of carbonyl (C=O) groups excluding carboxylic acids is 1. The quantitative estimate of drug-likeness (QED) is 0.578. The van der Waals surface area contributed by atoms with Crippen LogP contribution < -0.4 is 0 Å². The first-order chi connectivity index (χ1) is 4.75. The second-order valence-electron chi connectivity index (χ2n) is 4.13. The average molecular weight is 162 g/mol. The molecule has 0 aromatic heterocycles. The number of alkyl halides is 2. The number of carbonyl (C=O) groups is 1. The molecular formula is C8H12F2O. The van der Waals surface area contributed by atoms with E-state index in [-0.39, 0.29) is 12.2 Å². The largest absolute Gasteiger partial charge is 0.299 e. The molecule has 1 aliphatic rings. The predicted octanol–water partition coefficient (Wildman–Crippen LogP) is 2.26. The summed E-state index contributed by atoms with van der Waals surface area (Å²) in [7, 11) is 0. The molecule has 0 aliphatic heterocycles. The number of halogens is 2. The Kier molecular flexibility index (Phi) is 1.58. The Morgan fingerprint density at radius 1 is 1.45 bits per heavy atom. The van der Waals surface area contributed by atoms with Crippen LogP contribution in [0.15, 0.2) is 0 Å². The van der Waals surface area contributed by atoms with E-state index in [0.29, 0.717) is 0 Å². The number of rotatable bonds is 1. The Labute approximate surface area is 64.8 Å². The Morgan fingerprint density at radius 2 is 1.82 bits per heavy atom. The lowest BCUT2D eigenvalue weighted by Crippen LogP contribution is -2.24. The SMILES string of the molecule is CC(C)(C)C(=O)[C@@H]1CC1(F)F. The van der Waals surface area contributed by atoms with Crippen molar-refractivity contribution >= 4 is 5.78 Å². The van der Waals surface area contributed by atoms with Gasteiger partial charge in [-0.25, -0.2) is 8.78 Å². The van der Waals surface area contributed by atoms with Gasteiger partial charge < -0.3 is 0 Å². The van der Waals surface area contributed by atoms with Gasteiger partial charge in [-0.05, 0) is 0 Å². The van der Waals surface area contributed by atoms with Gasteiger partial charge in [-0.15, -0.1) is 0 Å². The summed E-state index contributed by atoms with van der Waals surface area (Å²) < 4.78 is 24.7. The molecule has 1 aliphatic carbocycles. The summed E-state index contributed by atoms with van der Waals surface area (Å²) in [6.07, 6.45) is -0.247. The molecule has 0 spiro atoms. The van der Waals surface area contributed by atoms with Crippen molar-refractivity contribution in [2.45, 2.75) is 33.1 Å². The van der Waals surface area contributed by atoms with Crippen LogP contribution in [0.25, 0.3) is 0 Å². The zero-order chi connectivity index (χ0) is 8.86. The van der Waals surface area contributed by atoms with Crippen molar-refractivity contribution < 1.29 is 13.6 Å². The lowest BCUT2D eigenvalue weighted by Gasteiger charge is -2.15. The normalized spacial score (nSPS) is 28.3. The molecule has 0 aromatic rings. The molecule has 0 unspecified atom stereocenters. The second kappa shape index (κ2) is 2.02. The number of hydrogen-bond acceptors (Lipinski definition) is 1. The van der Waals surface area contributed by atoms with Gasteiger partial charge >= 0.3 is 0 Å². The molecule has 0 heterocycles. The van der Waals surface area contributed by atoms with Crippen molar-refractivity contribution in [3.63, 3.8) is 0 Å². The van der Waals surface area contributed by atoms with E-state index in [4.69, 9.17) is 0 Å². The fourth-order valence-corrected chi connectivity index (χ4v) is 1.02. The van der Waals surface area contributed by atoms with E-state index in [1.54, 1.807) is 20.8 Å². The summed E-state index contributed by atoms with van der Waals surface area (Å²) in [5, 5.41) is 0. The molecule has 0 bridgehead atoms. The first-order valence-electron chi connectivity index (χ1n) is 3.67. The topological polar surface area (TPSA) is 17.1 Å². The Morgan fingerprint density at radius 3 is 1.91 bits per heavy atom. The fourth-order valence-electron chi connectivity index (χ4n) is 1.02. The molecule has 1 nitrogen and oxygen atoms in total. The maximum atomic E-state index is 12.4. The summed E-state index contributed by atoms with van der Waals surface area (Å²) in [4.78, 5) is 11.2. The molecule has 1 atom stereocenters. The Balaban J connectivity index is 2.60. The molecular weight excluding hydrogens is 150 g/mol. The van der Waals surface area contributed by atoms with Crippen molar-refractivity contribution in [3.05, 3.63) is 0 Å². The summed E-state index contributed by atoms with van der Waals surface area (Å²) in [6.45, 7) is 5.01. The standard InChI is InChI=1S/C8H12F2O/c1-7(2,3)6(11)5-4-8(5,9)10/h5H,4H2,1-3H3/t5-/m0/s1. The van der Waals surface area contributed by atoms with Crippen molar-refractivity contribution in [2.75, 3.05) is 0 Å². The van der Waals surface area contributed by atoms with Crippen molar-refractivity contribution in [2.24, 2.45) is 11.3 Å². The molecule has 0 radical (unpaired) electrons. The Hall–Kier alpha value is -0.470. The van der Waals surface area contributed by atoms with Gasteiger partial charge in [0.1, 0.15) is 5.78 Å². The first-order valence-corrected chi connectivity index (χ1v) is 3.67. The molecule has 0 amide bonds. The molecule has 1 rings (SSSR count). The van der Waals surface area contributed by atoms with Gasteiger partial charge in [-0.3, -0.25) is 4.79 Å². The minimum atomic E-state index is -2.70. The van der Waals surface area contributed by atoms with Gasteiger partial charge in [0, 0.05) is 11.8 Å². The minimum Gasteiger partial charge on any atom is -0.299 e. The highest BCUT2D eigenvalue weighted by molar-refractivity contribution is 5.89. The summed E-state index contributed by atoms with van der Waals surface area (Å²) >= 11 is 0. The van der Waals surface area contributed by atoms with Crippen LogP contribution in [-0.4, -0.2) is 11.7 Å². The Bertz CT molecular complexity index is 191. The van der Waals surface area contributed by atoms with Crippen LogP contribution >= 0.6 is 0 Å². The third kappa shape index (κ3) is 1.57. The molecule has 1 fully saturated rings. The van der Waals surface area contributed by atoms with Crippen molar-refractivity contribution in [3.8, 4) is 0 Å². The van der Waals surface area contributed by atoms with E-state index in [9.17, 15) is 13.6 Å². The van der Waals surface area contributed by atoms with E-state index in [0.717, 1.165) is 0 Å². The maximum absolute atomic E-state index is 12.4. The van der Waals surface area contributed by atoms with Crippen molar-refractivity contribution in [1.82, 2.24) is 0 Å². The molecule has 64 valence electrons. The summed E-state index contributed by atoms with van der Waals surface area (Å²) in [5.41, 5.74) is -0.620. The van der Waals surface area contributed by atoms with E-state index >= 15 is 0 Å². The molecule has 0 aromatic carbocycles. The smallest absolute Gasteiger partial charge is 0.258 e. The second-order valence-corrected chi connectivity index (χ2v) is 4.13. The summed E-state index contributed by atoms with van der Waals surface area (Å²) in [6, 6.07) is 0. The van der Waals surface area contributed by atoms with Crippen LogP contribution in [-0.2, 0) is 4.79 Å². The zero-order valence-corrected chi connectivity index (χ0v) is 6.95. The maximum Gasteiger partial charge on any atom is 0.258 e. The molecule has 11 heavy (non-hydrogen) atoms. The molecule has 0 saturated heterocycles. The monoisotopic (exact) mass is 162 g/mol. The van der Waals surface area contributed by atoms with Crippen LogP contribution in [0.1, 0.15) is 27.2 Å². The minimum absolute atomic E-state index is 0.247. The van der Waals surface area contributed by atoms with Crippen LogP contribution in [0, 0.1) is 11.3 Å². The van der Waals surface area contributed by atoms with Gasteiger partial charge in [0.05, 0.1) is 5.92 Å². The van der Waals surface area contributed by atoms with Gasteiger partial charge in [-0.2, -0.15) is 0 Å². The number of hydrogen-bond donors (Lipinski definition) is 0. The van der Waals surface area contributed by atoms with E-state index in [1.165, 1.54) is 0 Å². The molecule has 0 N–H and O–H groups in total. The highest BCUT2D eigenvalue weighted by Crippen LogP contribution is 2.51. The van der Waals surface area contributed by atoms with E-state index in [2.05, 4.69) is 0 Å². The summed E-state index contributed by atoms with van der Waals surface area (Å²) in [5.74, 6) is -4.02. The number of Topliss-reactive ketones (excluding diaryl/α,β-unsaturated/α-hetero) is 1. The van der Waals surface area contributed by atoms with Gasteiger partial charge in [0.2, 0.25) is 0 Å². The third-order valence-corrected chi connectivity index (χ3v) is 1.88. The van der Waals surface area contributed by atoms with Crippen LogP contribution in [0.2, 0.25) is 0 Å². The van der Waals surface area contributed by atoms with Gasteiger partial charge in [0.25, 0.3) is 5.92 Å². The zero-order valence-electron chi connectivity index (χ0n) is 6.95.